The number of benzene rings is 2. The maximum atomic E-state index is 12.9. The smallest absolute Gasteiger partial charge is 0.337 e. The van der Waals surface area contributed by atoms with E-state index in [1.165, 1.54) is 0 Å². The second-order valence-corrected chi connectivity index (χ2v) is 16.7. The molecule has 2 aromatic carbocycles. The molecule has 12 nitrogen and oxygen atoms in total. The van der Waals surface area contributed by atoms with E-state index in [2.05, 4.69) is 21.3 Å². The largest absolute Gasteiger partial charge is 0.478 e. The van der Waals surface area contributed by atoms with E-state index in [-0.39, 0.29) is 58.3 Å². The molecule has 48 heavy (non-hydrogen) atoms. The number of aromatic carboxylic acids is 2. The number of anilines is 2. The predicted molar refractivity (Wildman–Crippen MR) is 233 cm³/mol. The molecule has 0 aliphatic carbocycles. The van der Waals surface area contributed by atoms with Gasteiger partial charge >= 0.3 is 11.9 Å². The van der Waals surface area contributed by atoms with E-state index >= 15 is 0 Å². The van der Waals surface area contributed by atoms with Crippen LogP contribution in [0.2, 0.25) is 0 Å². The van der Waals surface area contributed by atoms with Crippen molar-refractivity contribution < 1.29 is 39.0 Å². The summed E-state index contributed by atoms with van der Waals surface area (Å²) in [4.78, 5) is 75.5. The number of carboxylic acids is 2. The zero-order chi connectivity index (χ0) is 36.3. The second kappa shape index (κ2) is 21.2. The minimum atomic E-state index is -1.20. The normalized spacial score (nSPS) is 10.8. The Bertz CT molecular complexity index is 1500. The molecule has 0 spiro atoms. The van der Waals surface area contributed by atoms with Crippen molar-refractivity contribution in [2.45, 2.75) is 65.2 Å². The molecule has 18 heteroatoms. The van der Waals surface area contributed by atoms with Crippen molar-refractivity contribution in [2.24, 2.45) is 0 Å². The first-order valence-electron chi connectivity index (χ1n) is 14.6. The van der Waals surface area contributed by atoms with Gasteiger partial charge in [0.1, 0.15) is 0 Å². The van der Waals surface area contributed by atoms with Crippen molar-refractivity contribution in [1.82, 2.24) is 10.6 Å². The predicted octanol–water partition coefficient (Wildman–Crippen LogP) is 7.91. The molecule has 0 saturated carbocycles. The summed E-state index contributed by atoms with van der Waals surface area (Å²) in [5.41, 5.74) is 0.901. The molecular weight excluding hydrogens is 1310 g/mol. The van der Waals surface area contributed by atoms with Crippen LogP contribution < -0.4 is 21.3 Å². The maximum Gasteiger partial charge on any atom is 0.337 e. The second-order valence-electron chi connectivity index (χ2n) is 10.3. The van der Waals surface area contributed by atoms with Crippen molar-refractivity contribution in [3.8, 4) is 0 Å². The summed E-state index contributed by atoms with van der Waals surface area (Å²) in [7, 11) is 0. The van der Waals surface area contributed by atoms with Gasteiger partial charge in [-0.25, -0.2) is 9.59 Å². The summed E-state index contributed by atoms with van der Waals surface area (Å²) in [6.45, 7) is 4.67. The highest BCUT2D eigenvalue weighted by molar-refractivity contribution is 14.1. The summed E-state index contributed by atoms with van der Waals surface area (Å²) in [5, 5.41) is 30.8. The van der Waals surface area contributed by atoms with Crippen LogP contribution in [0.5, 0.6) is 0 Å². The van der Waals surface area contributed by atoms with Gasteiger partial charge < -0.3 is 31.5 Å². The Balaban J connectivity index is 2.03. The van der Waals surface area contributed by atoms with Crippen molar-refractivity contribution in [1.29, 1.82) is 0 Å². The highest BCUT2D eigenvalue weighted by Gasteiger charge is 2.29. The molecule has 0 aromatic heterocycles. The van der Waals surface area contributed by atoms with Gasteiger partial charge in [-0.3, -0.25) is 19.2 Å². The average molecular weight is 1340 g/mol. The maximum absolute atomic E-state index is 12.9. The topological polar surface area (TPSA) is 191 Å². The van der Waals surface area contributed by atoms with Gasteiger partial charge in [0.25, 0.3) is 11.8 Å². The van der Waals surface area contributed by atoms with Gasteiger partial charge in [0.15, 0.2) is 0 Å². The standard InChI is InChI=1S/C30H32I6N4O8/c1-3-11-37-27(43)15-19(31)17(29(45)46)23(35)25(21(15)33)39-13(41)9-7-5-6-8-10-14(42)40-26-22(34)16(28(44)38-12-4-2)20(32)18(24(26)36)30(47)48/h3-12H2,1-2H3,(H,37,43)(H,38,44)(H,39,41)(H,40,42)(H,45,46)(H,47,48). The fraction of sp³-hybridized carbons (Fsp3) is 0.400. The Morgan fingerprint density at radius 2 is 0.812 bits per heavy atom. The lowest BCUT2D eigenvalue weighted by molar-refractivity contribution is -0.117. The molecule has 0 bridgehead atoms. The number of rotatable bonds is 17. The van der Waals surface area contributed by atoms with Gasteiger partial charge in [-0.05, 0) is 161 Å². The van der Waals surface area contributed by atoms with Gasteiger partial charge in [-0.15, -0.1) is 0 Å². The highest BCUT2D eigenvalue weighted by Crippen LogP contribution is 2.37. The van der Waals surface area contributed by atoms with Crippen molar-refractivity contribution >= 4 is 182 Å². The van der Waals surface area contributed by atoms with Crippen LogP contribution in [0.3, 0.4) is 0 Å². The van der Waals surface area contributed by atoms with Crippen LogP contribution in [0, 0.1) is 21.4 Å². The van der Waals surface area contributed by atoms with E-state index in [0.29, 0.717) is 73.0 Å². The van der Waals surface area contributed by atoms with Crippen LogP contribution in [0.25, 0.3) is 0 Å². The molecule has 0 radical (unpaired) electrons. The molecule has 0 atom stereocenters. The SMILES string of the molecule is CCCNC(=O)c1c(I)c(NC(=O)CCCCCCC(=O)Nc2c(I)c(C(=O)O)c(I)c(C(=O)NCCC)c2I)c(I)c(C(=O)O)c1I. The average Bonchev–Trinajstić information content (AvgIpc) is 3.00. The van der Waals surface area contributed by atoms with Crippen molar-refractivity contribution in [3.63, 3.8) is 0 Å². The van der Waals surface area contributed by atoms with Gasteiger partial charge in [0, 0.05) is 33.1 Å². The summed E-state index contributed by atoms with van der Waals surface area (Å²) >= 11 is 11.4. The van der Waals surface area contributed by atoms with E-state index in [1.54, 1.807) is 0 Å². The molecule has 6 N–H and O–H groups in total. The number of carbonyl (C=O) groups is 6. The van der Waals surface area contributed by atoms with Crippen molar-refractivity contribution in [3.05, 3.63) is 43.7 Å². The van der Waals surface area contributed by atoms with Crippen LogP contribution in [0.4, 0.5) is 11.4 Å². The highest BCUT2D eigenvalue weighted by atomic mass is 127. The third-order valence-electron chi connectivity index (χ3n) is 6.67. The van der Waals surface area contributed by atoms with Crippen LogP contribution in [-0.4, -0.2) is 58.9 Å². The molecule has 262 valence electrons. The summed E-state index contributed by atoms with van der Waals surface area (Å²) in [6, 6.07) is 0. The summed E-state index contributed by atoms with van der Waals surface area (Å²) in [6.07, 6.45) is 4.07. The Hall–Kier alpha value is -0.360. The molecule has 2 aromatic rings. The Morgan fingerprint density at radius 3 is 1.10 bits per heavy atom. The summed E-state index contributed by atoms with van der Waals surface area (Å²) < 4.78 is 2.19. The van der Waals surface area contributed by atoms with Crippen LogP contribution in [0.15, 0.2) is 0 Å². The van der Waals surface area contributed by atoms with E-state index in [1.807, 2.05) is 149 Å². The monoisotopic (exact) mass is 1340 g/mol. The van der Waals surface area contributed by atoms with E-state index in [0.717, 1.165) is 0 Å². The lowest BCUT2D eigenvalue weighted by Gasteiger charge is -2.18. The number of carbonyl (C=O) groups excluding carboxylic acids is 4. The number of unbranched alkanes of at least 4 members (excludes halogenated alkanes) is 3. The number of amides is 4. The van der Waals surface area contributed by atoms with Gasteiger partial charge in [-0.1, -0.05) is 26.7 Å². The lowest BCUT2D eigenvalue weighted by atomic mass is 10.1. The number of hydrogen-bond acceptors (Lipinski definition) is 6. The Kier molecular flexibility index (Phi) is 19.4. The van der Waals surface area contributed by atoms with Gasteiger partial charge in [-0.2, -0.15) is 0 Å². The minimum Gasteiger partial charge on any atom is -0.478 e. The molecule has 4 amide bonds. The van der Waals surface area contributed by atoms with E-state index < -0.39 is 23.8 Å². The minimum absolute atomic E-state index is 0.0448. The number of carboxylic acid groups (broad SMARTS) is 2. The first-order valence-corrected chi connectivity index (χ1v) is 21.1. The summed E-state index contributed by atoms with van der Waals surface area (Å²) in [5.74, 6) is -3.85. The fourth-order valence-corrected chi connectivity index (χ4v) is 13.1. The molecule has 0 heterocycles. The fourth-order valence-electron chi connectivity index (χ4n) is 4.30. The number of hydrogen-bond donors (Lipinski definition) is 6. The third kappa shape index (κ3) is 11.6. The molecule has 0 aliphatic rings. The molecule has 0 unspecified atom stereocenters. The first kappa shape index (κ1) is 43.8. The van der Waals surface area contributed by atoms with E-state index in [9.17, 15) is 39.0 Å². The van der Waals surface area contributed by atoms with Gasteiger partial charge in [0.05, 0.1) is 47.9 Å². The lowest BCUT2D eigenvalue weighted by Crippen LogP contribution is -2.28. The Morgan fingerprint density at radius 1 is 0.500 bits per heavy atom. The quantitative estimate of drug-likeness (QED) is 0.0681. The van der Waals surface area contributed by atoms with Crippen LogP contribution in [-0.2, 0) is 9.59 Å². The first-order chi connectivity index (χ1) is 22.6. The molecule has 2 rings (SSSR count). The molecule has 0 fully saturated rings. The van der Waals surface area contributed by atoms with Gasteiger partial charge in [0.2, 0.25) is 11.8 Å². The molecule has 0 aliphatic heterocycles. The van der Waals surface area contributed by atoms with Crippen molar-refractivity contribution in [2.75, 3.05) is 23.7 Å². The molecule has 0 saturated heterocycles. The number of nitrogens with one attached hydrogen (secondary N) is 4. The third-order valence-corrected chi connectivity index (χ3v) is 13.1. The number of halogens is 6. The van der Waals surface area contributed by atoms with Crippen LogP contribution >= 0.6 is 136 Å². The van der Waals surface area contributed by atoms with E-state index in [4.69, 9.17) is 0 Å². The zero-order valence-electron chi connectivity index (χ0n) is 25.7. The molecular formula is C30H32I6N4O8. The Labute approximate surface area is 359 Å². The zero-order valence-corrected chi connectivity index (χ0v) is 38.6. The van der Waals surface area contributed by atoms with Crippen LogP contribution in [0.1, 0.15) is 107 Å².